The Morgan fingerprint density at radius 3 is 2.90 bits per heavy atom. The molecular formula is C14H23N3O2S. The maximum Gasteiger partial charge on any atom is 0.253 e. The topological polar surface area (TPSA) is 65.2 Å². The molecule has 20 heavy (non-hydrogen) atoms. The summed E-state index contributed by atoms with van der Waals surface area (Å²) in [5, 5.41) is 2.96. The van der Waals surface area contributed by atoms with Gasteiger partial charge < -0.3 is 15.2 Å². The van der Waals surface area contributed by atoms with Gasteiger partial charge in [-0.1, -0.05) is 0 Å². The molecule has 5 nitrogen and oxygen atoms in total. The van der Waals surface area contributed by atoms with Gasteiger partial charge in [0.25, 0.3) is 5.91 Å². The molecule has 1 unspecified atom stereocenters. The molecule has 0 saturated carbocycles. The number of carbonyl (C=O) groups excluding carboxylic acids is 1. The first-order chi connectivity index (χ1) is 9.58. The van der Waals surface area contributed by atoms with Gasteiger partial charge in [-0.05, 0) is 32.4 Å². The molecule has 1 aliphatic rings. The maximum atomic E-state index is 12.0. The minimum Gasteiger partial charge on any atom is -0.364 e. The highest BCUT2D eigenvalue weighted by Crippen LogP contribution is 2.11. The van der Waals surface area contributed by atoms with Crippen LogP contribution in [0.25, 0.3) is 0 Å². The van der Waals surface area contributed by atoms with Gasteiger partial charge in [0.15, 0.2) is 0 Å². The van der Waals surface area contributed by atoms with Crippen LogP contribution >= 0.6 is 0 Å². The van der Waals surface area contributed by atoms with Crippen LogP contribution in [0.15, 0.2) is 6.20 Å². The fourth-order valence-corrected chi connectivity index (χ4v) is 3.49. The molecule has 2 N–H and O–H groups in total. The van der Waals surface area contributed by atoms with E-state index in [-0.39, 0.29) is 5.91 Å². The van der Waals surface area contributed by atoms with E-state index < -0.39 is 10.8 Å². The number of nitrogens with zero attached hydrogens (tertiary/aromatic N) is 1. The Labute approximate surface area is 122 Å². The van der Waals surface area contributed by atoms with Gasteiger partial charge in [-0.2, -0.15) is 0 Å². The van der Waals surface area contributed by atoms with Crippen LogP contribution in [-0.4, -0.2) is 57.7 Å². The highest BCUT2D eigenvalue weighted by atomic mass is 32.2. The molecule has 0 radical (unpaired) electrons. The average Bonchev–Trinajstić information content (AvgIpc) is 2.62. The predicted octanol–water partition coefficient (Wildman–Crippen LogP) is 0.816. The Bertz CT molecular complexity index is 499. The highest BCUT2D eigenvalue weighted by Gasteiger charge is 2.14. The second-order valence-electron chi connectivity index (χ2n) is 5.25. The number of aryl methyl sites for hydroxylation is 1. The van der Waals surface area contributed by atoms with E-state index in [0.717, 1.165) is 54.4 Å². The predicted molar refractivity (Wildman–Crippen MR) is 81.5 cm³/mol. The van der Waals surface area contributed by atoms with Crippen LogP contribution < -0.4 is 5.32 Å². The molecule has 1 aromatic heterocycles. The molecule has 6 heteroatoms. The Kier molecular flexibility index (Phi) is 5.37. The van der Waals surface area contributed by atoms with Gasteiger partial charge in [-0.15, -0.1) is 0 Å². The number of hydrogen-bond donors (Lipinski definition) is 2. The van der Waals surface area contributed by atoms with E-state index in [1.54, 1.807) is 6.20 Å². The molecular weight excluding hydrogens is 274 g/mol. The van der Waals surface area contributed by atoms with Gasteiger partial charge in [-0.25, -0.2) is 0 Å². The van der Waals surface area contributed by atoms with Gasteiger partial charge in [0, 0.05) is 53.8 Å². The van der Waals surface area contributed by atoms with Crippen molar-refractivity contribution in [3.63, 3.8) is 0 Å². The summed E-state index contributed by atoms with van der Waals surface area (Å²) < 4.78 is 11.4. The van der Waals surface area contributed by atoms with Crippen LogP contribution in [0.4, 0.5) is 0 Å². The van der Waals surface area contributed by atoms with Gasteiger partial charge >= 0.3 is 0 Å². The number of aromatic amines is 1. The molecule has 1 atom stereocenters. The lowest BCUT2D eigenvalue weighted by Gasteiger charge is -2.19. The lowest BCUT2D eigenvalue weighted by atomic mass is 10.1. The number of hydrogen-bond acceptors (Lipinski definition) is 3. The fourth-order valence-electron chi connectivity index (χ4n) is 2.38. The first-order valence-electron chi connectivity index (χ1n) is 7.08. The summed E-state index contributed by atoms with van der Waals surface area (Å²) in [7, 11) is -0.656. The van der Waals surface area contributed by atoms with Crippen LogP contribution in [-0.2, 0) is 10.8 Å². The van der Waals surface area contributed by atoms with Gasteiger partial charge in [0.1, 0.15) is 0 Å². The number of amides is 1. The number of rotatable bonds is 4. The van der Waals surface area contributed by atoms with Crippen LogP contribution in [0.2, 0.25) is 0 Å². The molecule has 2 rings (SSSR count). The van der Waals surface area contributed by atoms with E-state index in [4.69, 9.17) is 0 Å². The molecule has 2 heterocycles. The Hall–Kier alpha value is -1.14. The Morgan fingerprint density at radius 1 is 1.40 bits per heavy atom. The van der Waals surface area contributed by atoms with Gasteiger partial charge in [0.2, 0.25) is 0 Å². The van der Waals surface area contributed by atoms with Crippen molar-refractivity contribution >= 4 is 16.7 Å². The van der Waals surface area contributed by atoms with Crippen molar-refractivity contribution in [1.29, 1.82) is 0 Å². The van der Waals surface area contributed by atoms with Crippen molar-refractivity contribution in [3.05, 3.63) is 23.0 Å². The van der Waals surface area contributed by atoms with Crippen molar-refractivity contribution < 1.29 is 9.00 Å². The van der Waals surface area contributed by atoms with E-state index in [9.17, 15) is 9.00 Å². The van der Waals surface area contributed by atoms with Crippen molar-refractivity contribution in [3.8, 4) is 0 Å². The SMILES string of the molecule is Cc1[nH]cc(C(=O)NCCN2CCCS(=O)CC2)c1C. The van der Waals surface area contributed by atoms with E-state index in [1.807, 2.05) is 13.8 Å². The lowest BCUT2D eigenvalue weighted by molar-refractivity contribution is 0.0948. The minimum absolute atomic E-state index is 0.0229. The minimum atomic E-state index is -0.656. The second-order valence-corrected chi connectivity index (χ2v) is 6.95. The summed E-state index contributed by atoms with van der Waals surface area (Å²) in [6.07, 6.45) is 2.74. The summed E-state index contributed by atoms with van der Waals surface area (Å²) in [6.45, 7) is 7.21. The van der Waals surface area contributed by atoms with E-state index in [2.05, 4.69) is 15.2 Å². The van der Waals surface area contributed by atoms with Crippen LogP contribution in [0.1, 0.15) is 28.0 Å². The van der Waals surface area contributed by atoms with Gasteiger partial charge in [-0.3, -0.25) is 9.00 Å². The highest BCUT2D eigenvalue weighted by molar-refractivity contribution is 7.85. The van der Waals surface area contributed by atoms with E-state index in [0.29, 0.717) is 6.54 Å². The van der Waals surface area contributed by atoms with Crippen molar-refractivity contribution in [2.24, 2.45) is 0 Å². The lowest BCUT2D eigenvalue weighted by Crippen LogP contribution is -2.36. The largest absolute Gasteiger partial charge is 0.364 e. The summed E-state index contributed by atoms with van der Waals surface area (Å²) >= 11 is 0. The summed E-state index contributed by atoms with van der Waals surface area (Å²) in [6, 6.07) is 0. The zero-order valence-electron chi connectivity index (χ0n) is 12.2. The van der Waals surface area contributed by atoms with E-state index >= 15 is 0 Å². The number of aromatic nitrogens is 1. The third kappa shape index (κ3) is 3.93. The third-order valence-electron chi connectivity index (χ3n) is 3.84. The molecule has 1 amide bonds. The quantitative estimate of drug-likeness (QED) is 0.864. The van der Waals surface area contributed by atoms with Crippen molar-refractivity contribution in [1.82, 2.24) is 15.2 Å². The van der Waals surface area contributed by atoms with Crippen LogP contribution in [0.5, 0.6) is 0 Å². The Morgan fingerprint density at radius 2 is 2.20 bits per heavy atom. The molecule has 0 spiro atoms. The molecule has 1 fully saturated rings. The molecule has 0 aromatic carbocycles. The maximum absolute atomic E-state index is 12.0. The third-order valence-corrected chi connectivity index (χ3v) is 5.22. The van der Waals surface area contributed by atoms with Crippen LogP contribution in [0, 0.1) is 13.8 Å². The standard InChI is InChI=1S/C14H23N3O2S/c1-11-12(2)16-10-13(11)14(18)15-4-6-17-5-3-8-20(19)9-7-17/h10,16H,3-9H2,1-2H3,(H,15,18). The van der Waals surface area contributed by atoms with Crippen molar-refractivity contribution in [2.45, 2.75) is 20.3 Å². The Balaban J connectivity index is 1.76. The van der Waals surface area contributed by atoms with Gasteiger partial charge in [0.05, 0.1) is 5.56 Å². The molecule has 0 aliphatic carbocycles. The fraction of sp³-hybridized carbons (Fsp3) is 0.643. The average molecular weight is 297 g/mol. The summed E-state index contributed by atoms with van der Waals surface area (Å²) in [5.74, 6) is 1.54. The smallest absolute Gasteiger partial charge is 0.253 e. The number of carbonyl (C=O) groups is 1. The number of H-pyrrole nitrogens is 1. The zero-order chi connectivity index (χ0) is 14.5. The first kappa shape index (κ1) is 15.3. The number of nitrogens with one attached hydrogen (secondary N) is 2. The summed E-state index contributed by atoms with van der Waals surface area (Å²) in [5.41, 5.74) is 2.76. The molecule has 0 bridgehead atoms. The monoisotopic (exact) mass is 297 g/mol. The first-order valence-corrected chi connectivity index (χ1v) is 8.57. The molecule has 112 valence electrons. The van der Waals surface area contributed by atoms with Crippen molar-refractivity contribution in [2.75, 3.05) is 37.7 Å². The molecule has 1 aliphatic heterocycles. The van der Waals surface area contributed by atoms with Crippen LogP contribution in [0.3, 0.4) is 0 Å². The normalized spacial score (nSPS) is 20.6. The van der Waals surface area contributed by atoms with E-state index in [1.165, 1.54) is 0 Å². The molecule has 1 aromatic rings. The second kappa shape index (κ2) is 7.04. The molecule has 1 saturated heterocycles. The summed E-state index contributed by atoms with van der Waals surface area (Å²) in [4.78, 5) is 17.4. The zero-order valence-corrected chi connectivity index (χ0v) is 13.0.